The zero-order valence-corrected chi connectivity index (χ0v) is 17.2. The molecule has 0 aliphatic heterocycles. The quantitative estimate of drug-likeness (QED) is 0.378. The maximum atomic E-state index is 5.94. The molecule has 0 unspecified atom stereocenters. The van der Waals surface area contributed by atoms with Gasteiger partial charge in [0, 0.05) is 18.3 Å². The number of halogens is 1. The highest BCUT2D eigenvalue weighted by atomic mass is 127. The molecule has 3 N–H and O–H groups in total. The van der Waals surface area contributed by atoms with Crippen LogP contribution in [0.4, 0.5) is 5.69 Å². The molecule has 0 bridgehead atoms. The Morgan fingerprint density at radius 2 is 1.64 bits per heavy atom. The molecule has 0 radical (unpaired) electrons. The van der Waals surface area contributed by atoms with Crippen molar-refractivity contribution in [1.29, 1.82) is 0 Å². The molecule has 0 spiro atoms. The molecule has 6 heteroatoms. The summed E-state index contributed by atoms with van der Waals surface area (Å²) in [7, 11) is 3.21. The number of anilines is 1. The predicted molar refractivity (Wildman–Crippen MR) is 115 cm³/mol. The van der Waals surface area contributed by atoms with E-state index in [9.17, 15) is 0 Å². The third-order valence-electron chi connectivity index (χ3n) is 3.77. The number of nitrogens with two attached hydrogens (primary N) is 1. The van der Waals surface area contributed by atoms with Gasteiger partial charge < -0.3 is 20.5 Å². The smallest absolute Gasteiger partial charge is 0.193 e. The maximum absolute atomic E-state index is 5.94. The van der Waals surface area contributed by atoms with Crippen LogP contribution >= 0.6 is 24.0 Å². The van der Waals surface area contributed by atoms with Gasteiger partial charge in [-0.05, 0) is 36.1 Å². The number of benzene rings is 2. The molecule has 2 aromatic carbocycles. The van der Waals surface area contributed by atoms with Gasteiger partial charge in [0.15, 0.2) is 17.5 Å². The molecule has 136 valence electrons. The van der Waals surface area contributed by atoms with Gasteiger partial charge in [0.25, 0.3) is 0 Å². The lowest BCUT2D eigenvalue weighted by molar-refractivity contribution is 0.355. The van der Waals surface area contributed by atoms with Crippen LogP contribution in [0, 0.1) is 0 Å². The standard InChI is InChI=1S/C19H25N3O2.HI/c1-4-14-5-7-15(8-6-14)11-12-21-19(20)22-16-9-10-17(23-2)18(13-16)24-3;/h5-10,13H,4,11-12H2,1-3H3,(H3,20,21,22);1H. The molecule has 0 aliphatic rings. The minimum Gasteiger partial charge on any atom is -0.493 e. The van der Waals surface area contributed by atoms with Crippen molar-refractivity contribution in [3.63, 3.8) is 0 Å². The lowest BCUT2D eigenvalue weighted by Crippen LogP contribution is -2.23. The van der Waals surface area contributed by atoms with Gasteiger partial charge in [-0.15, -0.1) is 24.0 Å². The summed E-state index contributed by atoms with van der Waals surface area (Å²) in [5.41, 5.74) is 9.35. The second-order valence-corrected chi connectivity index (χ2v) is 5.38. The maximum Gasteiger partial charge on any atom is 0.193 e. The minimum atomic E-state index is 0. The topological polar surface area (TPSA) is 68.9 Å². The Bertz CT molecular complexity index is 688. The van der Waals surface area contributed by atoms with E-state index in [4.69, 9.17) is 15.2 Å². The first-order valence-electron chi connectivity index (χ1n) is 8.03. The van der Waals surface area contributed by atoms with Crippen molar-refractivity contribution in [3.05, 3.63) is 53.6 Å². The number of nitrogens with one attached hydrogen (secondary N) is 1. The molecule has 2 aromatic rings. The predicted octanol–water partition coefficient (Wildman–Crippen LogP) is 3.85. The van der Waals surface area contributed by atoms with Crippen molar-refractivity contribution in [3.8, 4) is 11.5 Å². The van der Waals surface area contributed by atoms with Gasteiger partial charge in [-0.1, -0.05) is 31.2 Å². The Morgan fingerprint density at radius 1 is 1.00 bits per heavy atom. The first-order chi connectivity index (χ1) is 11.7. The van der Waals surface area contributed by atoms with Crippen molar-refractivity contribution >= 4 is 35.6 Å². The van der Waals surface area contributed by atoms with E-state index < -0.39 is 0 Å². The molecule has 25 heavy (non-hydrogen) atoms. The van der Waals surface area contributed by atoms with Gasteiger partial charge in [0.2, 0.25) is 0 Å². The summed E-state index contributed by atoms with van der Waals surface area (Å²) in [6, 6.07) is 14.1. The van der Waals surface area contributed by atoms with Gasteiger partial charge in [0.1, 0.15) is 0 Å². The molecule has 5 nitrogen and oxygen atoms in total. The van der Waals surface area contributed by atoms with Gasteiger partial charge in [-0.25, -0.2) is 0 Å². The summed E-state index contributed by atoms with van der Waals surface area (Å²) in [5, 5.41) is 3.06. The Balaban J connectivity index is 0.00000312. The number of guanidine groups is 1. The zero-order chi connectivity index (χ0) is 17.4. The molecule has 2 rings (SSSR count). The first kappa shape index (κ1) is 21.1. The molecule has 0 fully saturated rings. The highest BCUT2D eigenvalue weighted by molar-refractivity contribution is 14.0. The molecule has 0 saturated heterocycles. The summed E-state index contributed by atoms with van der Waals surface area (Å²) in [6.07, 6.45) is 1.92. The van der Waals surface area contributed by atoms with Crippen molar-refractivity contribution in [2.45, 2.75) is 19.8 Å². The van der Waals surface area contributed by atoms with Crippen LogP contribution in [0.3, 0.4) is 0 Å². The summed E-state index contributed by atoms with van der Waals surface area (Å²) in [6.45, 7) is 2.79. The highest BCUT2D eigenvalue weighted by Crippen LogP contribution is 2.29. The minimum absolute atomic E-state index is 0. The van der Waals surface area contributed by atoms with Crippen molar-refractivity contribution < 1.29 is 9.47 Å². The van der Waals surface area contributed by atoms with E-state index in [0.29, 0.717) is 24.0 Å². The van der Waals surface area contributed by atoms with Crippen LogP contribution in [0.2, 0.25) is 0 Å². The normalized spacial score (nSPS) is 10.8. The van der Waals surface area contributed by atoms with E-state index in [1.54, 1.807) is 14.2 Å². The highest BCUT2D eigenvalue weighted by Gasteiger charge is 2.05. The lowest BCUT2D eigenvalue weighted by atomic mass is 10.1. The number of aliphatic imine (C=N–C) groups is 1. The van der Waals surface area contributed by atoms with Crippen LogP contribution in [0.1, 0.15) is 18.1 Å². The molecular weight excluding hydrogens is 429 g/mol. The van der Waals surface area contributed by atoms with Crippen LogP contribution in [0.15, 0.2) is 47.5 Å². The number of hydrogen-bond donors (Lipinski definition) is 2. The summed E-state index contributed by atoms with van der Waals surface area (Å²) in [4.78, 5) is 4.37. The SMILES string of the molecule is CCc1ccc(CCN=C(N)Nc2ccc(OC)c(OC)c2)cc1.I. The summed E-state index contributed by atoms with van der Waals surface area (Å²) >= 11 is 0. The summed E-state index contributed by atoms with van der Waals surface area (Å²) in [5.74, 6) is 1.70. The number of ether oxygens (including phenoxy) is 2. The van der Waals surface area contributed by atoms with Crippen LogP contribution in [0.5, 0.6) is 11.5 Å². The molecule has 0 aromatic heterocycles. The van der Waals surface area contributed by atoms with Crippen LogP contribution in [-0.4, -0.2) is 26.7 Å². The number of nitrogens with zero attached hydrogens (tertiary/aromatic N) is 1. The van der Waals surface area contributed by atoms with Crippen molar-refractivity contribution in [1.82, 2.24) is 0 Å². The van der Waals surface area contributed by atoms with Crippen LogP contribution in [0.25, 0.3) is 0 Å². The van der Waals surface area contributed by atoms with Gasteiger partial charge in [-0.3, -0.25) is 4.99 Å². The Labute approximate surface area is 166 Å². The Morgan fingerprint density at radius 3 is 2.24 bits per heavy atom. The van der Waals surface area contributed by atoms with Crippen molar-refractivity contribution in [2.75, 3.05) is 26.1 Å². The van der Waals surface area contributed by atoms with Crippen LogP contribution < -0.4 is 20.5 Å². The monoisotopic (exact) mass is 455 g/mol. The molecule has 0 amide bonds. The van der Waals surface area contributed by atoms with Gasteiger partial charge in [-0.2, -0.15) is 0 Å². The molecular formula is C19H26IN3O2. The van der Waals surface area contributed by atoms with E-state index in [2.05, 4.69) is 41.5 Å². The van der Waals surface area contributed by atoms with Crippen molar-refractivity contribution in [2.24, 2.45) is 10.7 Å². The van der Waals surface area contributed by atoms with Gasteiger partial charge in [0.05, 0.1) is 14.2 Å². The second-order valence-electron chi connectivity index (χ2n) is 5.38. The zero-order valence-electron chi connectivity index (χ0n) is 14.9. The first-order valence-corrected chi connectivity index (χ1v) is 8.03. The fraction of sp³-hybridized carbons (Fsp3) is 0.316. The number of aryl methyl sites for hydroxylation is 1. The molecule has 0 aliphatic carbocycles. The third-order valence-corrected chi connectivity index (χ3v) is 3.77. The molecule has 0 atom stereocenters. The van der Waals surface area contributed by atoms with E-state index in [1.807, 2.05) is 18.2 Å². The average molecular weight is 455 g/mol. The van der Waals surface area contributed by atoms with E-state index in [-0.39, 0.29) is 24.0 Å². The fourth-order valence-electron chi connectivity index (χ4n) is 2.35. The Kier molecular flexibility index (Phi) is 9.12. The third kappa shape index (κ3) is 6.45. The lowest BCUT2D eigenvalue weighted by Gasteiger charge is -2.11. The van der Waals surface area contributed by atoms with Crippen LogP contribution in [-0.2, 0) is 12.8 Å². The van der Waals surface area contributed by atoms with E-state index in [0.717, 1.165) is 18.5 Å². The molecule has 0 heterocycles. The number of rotatable bonds is 7. The average Bonchev–Trinajstić information content (AvgIpc) is 2.62. The molecule has 0 saturated carbocycles. The fourth-order valence-corrected chi connectivity index (χ4v) is 2.35. The van der Waals surface area contributed by atoms with Gasteiger partial charge >= 0.3 is 0 Å². The van der Waals surface area contributed by atoms with E-state index >= 15 is 0 Å². The van der Waals surface area contributed by atoms with E-state index in [1.165, 1.54) is 11.1 Å². The Hall–Kier alpha value is -1.96. The largest absolute Gasteiger partial charge is 0.493 e. The second kappa shape index (κ2) is 10.8. The summed E-state index contributed by atoms with van der Waals surface area (Å²) < 4.78 is 10.5. The number of hydrogen-bond acceptors (Lipinski definition) is 3. The number of methoxy groups -OCH3 is 2.